The summed E-state index contributed by atoms with van der Waals surface area (Å²) in [5, 5.41) is 21.4. The Morgan fingerprint density at radius 3 is 2.67 bits per heavy atom. The predicted molar refractivity (Wildman–Crippen MR) is 59.1 cm³/mol. The second kappa shape index (κ2) is 5.97. The number of hydrogen-bond donors (Lipinski definition) is 0. The summed E-state index contributed by atoms with van der Waals surface area (Å²) in [5.41, 5.74) is -0.522. The monoisotopic (exact) mass is 254 g/mol. The number of nitro benzene ring substituents is 1. The lowest BCUT2D eigenvalue weighted by molar-refractivity contribution is -0.386. The zero-order valence-corrected chi connectivity index (χ0v) is 9.91. The smallest absolute Gasteiger partial charge is 0.311 e. The molecule has 0 aliphatic rings. The van der Waals surface area contributed by atoms with Crippen LogP contribution >= 0.6 is 0 Å². The Morgan fingerprint density at radius 1 is 1.50 bits per heavy atom. The number of nitro groups is 1. The second-order valence-corrected chi connectivity index (χ2v) is 3.37. The van der Waals surface area contributed by atoms with Crippen molar-refractivity contribution < 1.29 is 24.3 Å². The first kappa shape index (κ1) is 13.9. The van der Waals surface area contributed by atoms with Crippen LogP contribution in [0.3, 0.4) is 0 Å². The summed E-state index contributed by atoms with van der Waals surface area (Å²) in [6, 6.07) is 3.19. The number of nitrogens with zero attached hydrogens (tertiary/aromatic N) is 1. The van der Waals surface area contributed by atoms with Gasteiger partial charge in [0.25, 0.3) is 0 Å². The largest absolute Gasteiger partial charge is 0.545 e. The van der Waals surface area contributed by atoms with Gasteiger partial charge in [-0.1, -0.05) is 0 Å². The maximum absolute atomic E-state index is 10.8. The predicted octanol–water partition coefficient (Wildman–Crippen LogP) is 0.720. The van der Waals surface area contributed by atoms with Gasteiger partial charge in [-0.25, -0.2) is 0 Å². The van der Waals surface area contributed by atoms with E-state index in [1.54, 1.807) is 13.8 Å². The van der Waals surface area contributed by atoms with Crippen molar-refractivity contribution in [2.75, 3.05) is 6.61 Å². The van der Waals surface area contributed by atoms with Gasteiger partial charge in [-0.2, -0.15) is 0 Å². The molecule has 0 aliphatic heterocycles. The van der Waals surface area contributed by atoms with Gasteiger partial charge in [0, 0.05) is 18.2 Å². The molecule has 1 aromatic rings. The van der Waals surface area contributed by atoms with Crippen LogP contribution in [0.15, 0.2) is 18.2 Å². The van der Waals surface area contributed by atoms with Crippen molar-refractivity contribution in [3.63, 3.8) is 0 Å². The molecule has 0 radical (unpaired) electrons. The second-order valence-electron chi connectivity index (χ2n) is 3.37. The highest BCUT2D eigenvalue weighted by Crippen LogP contribution is 2.28. The topological polar surface area (TPSA) is 102 Å². The van der Waals surface area contributed by atoms with Gasteiger partial charge < -0.3 is 19.4 Å². The molecule has 0 aromatic heterocycles. The molecular weight excluding hydrogens is 242 g/mol. The lowest BCUT2D eigenvalue weighted by Crippen LogP contribution is -2.23. The molecular formula is C11H12NO6-. The van der Waals surface area contributed by atoms with Gasteiger partial charge in [-0.3, -0.25) is 10.1 Å². The Kier molecular flexibility index (Phi) is 4.61. The van der Waals surface area contributed by atoms with Crippen molar-refractivity contribution in [2.24, 2.45) is 0 Å². The van der Waals surface area contributed by atoms with Crippen molar-refractivity contribution in [3.8, 4) is 5.75 Å². The molecule has 0 saturated heterocycles. The molecule has 7 nitrogen and oxygen atoms in total. The Balaban J connectivity index is 3.07. The minimum absolute atomic E-state index is 0.164. The highest BCUT2D eigenvalue weighted by atomic mass is 16.7. The fourth-order valence-electron chi connectivity index (χ4n) is 1.33. The Hall–Kier alpha value is -2.15. The van der Waals surface area contributed by atoms with Crippen LogP contribution in [0.4, 0.5) is 5.69 Å². The molecule has 0 fully saturated rings. The fraction of sp³-hybridized carbons (Fsp3) is 0.364. The normalized spacial score (nSPS) is 11.9. The maximum atomic E-state index is 10.8. The van der Waals surface area contributed by atoms with Gasteiger partial charge in [0.1, 0.15) is 0 Å². The number of carboxylic acids is 1. The maximum Gasteiger partial charge on any atom is 0.311 e. The first-order chi connectivity index (χ1) is 8.45. The van der Waals surface area contributed by atoms with E-state index in [0.717, 1.165) is 18.2 Å². The number of rotatable bonds is 6. The van der Waals surface area contributed by atoms with E-state index in [9.17, 15) is 20.0 Å². The lowest BCUT2D eigenvalue weighted by Gasteiger charge is -2.15. The summed E-state index contributed by atoms with van der Waals surface area (Å²) >= 11 is 0. The lowest BCUT2D eigenvalue weighted by atomic mass is 10.2. The van der Waals surface area contributed by atoms with Crippen LogP contribution in [0.5, 0.6) is 5.75 Å². The minimum Gasteiger partial charge on any atom is -0.545 e. The van der Waals surface area contributed by atoms with Crippen molar-refractivity contribution in [1.82, 2.24) is 0 Å². The first-order valence-corrected chi connectivity index (χ1v) is 5.23. The van der Waals surface area contributed by atoms with Gasteiger partial charge in [0.2, 0.25) is 5.75 Å². The van der Waals surface area contributed by atoms with Crippen LogP contribution in [-0.4, -0.2) is 23.8 Å². The molecule has 1 rings (SSSR count). The summed E-state index contributed by atoms with van der Waals surface area (Å²) in [7, 11) is 0. The van der Waals surface area contributed by atoms with E-state index < -0.39 is 17.2 Å². The first-order valence-electron chi connectivity index (χ1n) is 5.23. The van der Waals surface area contributed by atoms with Gasteiger partial charge in [0.05, 0.1) is 10.9 Å². The SMILES string of the molecule is CCOC(C)Oc1cc(C(=O)[O-])ccc1[N+](=O)[O-]. The number of hydrogen-bond acceptors (Lipinski definition) is 6. The number of carboxylic acid groups (broad SMARTS) is 1. The highest BCUT2D eigenvalue weighted by Gasteiger charge is 2.18. The average Bonchev–Trinajstić information content (AvgIpc) is 2.28. The standard InChI is InChI=1S/C11H13NO6/c1-3-17-7(2)18-10-6-8(11(13)14)4-5-9(10)12(15)16/h4-7H,3H2,1-2H3,(H,13,14)/p-1. The third kappa shape index (κ3) is 3.42. The molecule has 1 atom stereocenters. The Morgan fingerprint density at radius 2 is 2.17 bits per heavy atom. The highest BCUT2D eigenvalue weighted by molar-refractivity contribution is 5.87. The van der Waals surface area contributed by atoms with E-state index in [1.807, 2.05) is 0 Å². The van der Waals surface area contributed by atoms with Gasteiger partial charge in [-0.05, 0) is 26.0 Å². The van der Waals surface area contributed by atoms with Crippen LogP contribution < -0.4 is 9.84 Å². The van der Waals surface area contributed by atoms with E-state index in [4.69, 9.17) is 9.47 Å². The molecule has 18 heavy (non-hydrogen) atoms. The molecule has 0 heterocycles. The summed E-state index contributed by atoms with van der Waals surface area (Å²) in [5.74, 6) is -1.60. The van der Waals surface area contributed by atoms with Crippen LogP contribution in [0.1, 0.15) is 24.2 Å². The summed E-state index contributed by atoms with van der Waals surface area (Å²) in [6.07, 6.45) is -0.717. The molecule has 1 unspecified atom stereocenters. The molecule has 0 saturated carbocycles. The molecule has 7 heteroatoms. The van der Waals surface area contributed by atoms with Crippen LogP contribution in [0, 0.1) is 10.1 Å². The van der Waals surface area contributed by atoms with Crippen LogP contribution in [0.2, 0.25) is 0 Å². The quantitative estimate of drug-likeness (QED) is 0.421. The molecule has 0 bridgehead atoms. The van der Waals surface area contributed by atoms with E-state index in [-0.39, 0.29) is 17.0 Å². The van der Waals surface area contributed by atoms with Gasteiger partial charge >= 0.3 is 5.69 Å². The van der Waals surface area contributed by atoms with Crippen molar-refractivity contribution >= 4 is 11.7 Å². The molecule has 1 aromatic carbocycles. The molecule has 98 valence electrons. The number of ether oxygens (including phenoxy) is 2. The van der Waals surface area contributed by atoms with Crippen molar-refractivity contribution in [3.05, 3.63) is 33.9 Å². The van der Waals surface area contributed by atoms with Crippen LogP contribution in [-0.2, 0) is 4.74 Å². The number of carbonyl (C=O) groups excluding carboxylic acids is 1. The third-order valence-corrected chi connectivity index (χ3v) is 2.09. The third-order valence-electron chi connectivity index (χ3n) is 2.09. The molecule has 0 N–H and O–H groups in total. The number of carbonyl (C=O) groups is 1. The Labute approximate surface area is 103 Å². The zero-order chi connectivity index (χ0) is 13.7. The van der Waals surface area contributed by atoms with Gasteiger partial charge in [-0.15, -0.1) is 0 Å². The summed E-state index contributed by atoms with van der Waals surface area (Å²) < 4.78 is 10.3. The van der Waals surface area contributed by atoms with E-state index in [1.165, 1.54) is 0 Å². The van der Waals surface area contributed by atoms with Crippen molar-refractivity contribution in [1.29, 1.82) is 0 Å². The van der Waals surface area contributed by atoms with E-state index >= 15 is 0 Å². The van der Waals surface area contributed by atoms with Crippen LogP contribution in [0.25, 0.3) is 0 Å². The van der Waals surface area contributed by atoms with Gasteiger partial charge in [0.15, 0.2) is 6.29 Å². The van der Waals surface area contributed by atoms with Crippen molar-refractivity contribution in [2.45, 2.75) is 20.1 Å². The number of benzene rings is 1. The number of aromatic carboxylic acids is 1. The molecule has 0 spiro atoms. The fourth-order valence-corrected chi connectivity index (χ4v) is 1.33. The summed E-state index contributed by atoms with van der Waals surface area (Å²) in [6.45, 7) is 3.67. The molecule has 0 aliphatic carbocycles. The van der Waals surface area contributed by atoms with E-state index in [0.29, 0.717) is 6.61 Å². The molecule has 0 amide bonds. The van der Waals surface area contributed by atoms with E-state index in [2.05, 4.69) is 0 Å². The zero-order valence-electron chi connectivity index (χ0n) is 9.91. The average molecular weight is 254 g/mol. The minimum atomic E-state index is -1.43. The summed E-state index contributed by atoms with van der Waals surface area (Å²) in [4.78, 5) is 20.8. The Bertz CT molecular complexity index is 459.